The lowest BCUT2D eigenvalue weighted by atomic mass is 9.96. The summed E-state index contributed by atoms with van der Waals surface area (Å²) in [6.45, 7) is 1.01. The predicted octanol–water partition coefficient (Wildman–Crippen LogP) is 3.59. The van der Waals surface area contributed by atoms with Gasteiger partial charge in [0.05, 0.1) is 5.56 Å². The highest BCUT2D eigenvalue weighted by Crippen LogP contribution is 2.35. The van der Waals surface area contributed by atoms with E-state index >= 15 is 0 Å². The summed E-state index contributed by atoms with van der Waals surface area (Å²) in [5, 5.41) is 4.59. The molecule has 2 aliphatic heterocycles. The summed E-state index contributed by atoms with van der Waals surface area (Å²) in [5.74, 6) is 0.340. The van der Waals surface area contributed by atoms with E-state index in [1.807, 2.05) is 47.0 Å². The molecular weight excluding hydrogens is 390 g/mol. The van der Waals surface area contributed by atoms with Crippen molar-refractivity contribution in [2.24, 2.45) is 7.05 Å². The van der Waals surface area contributed by atoms with Crippen LogP contribution in [0.4, 0.5) is 0 Å². The van der Waals surface area contributed by atoms with E-state index in [4.69, 9.17) is 16.3 Å². The number of likely N-dealkylation sites (tertiary alicyclic amines) is 1. The molecule has 1 fully saturated rings. The summed E-state index contributed by atoms with van der Waals surface area (Å²) in [6.07, 6.45) is 3.04. The Bertz CT molecular complexity index is 1150. The van der Waals surface area contributed by atoms with Crippen LogP contribution in [0.2, 0.25) is 5.02 Å². The summed E-state index contributed by atoms with van der Waals surface area (Å²) < 4.78 is 8.16. The van der Waals surface area contributed by atoms with Crippen LogP contribution < -0.4 is 10.1 Å². The quantitative estimate of drug-likeness (QED) is 0.668. The SMILES string of the molecule is Cn1ccc2ccc(C(=O)N3CCC4(CC3)NC(=O)c3cc(Cl)ccc3O4)cc21. The molecule has 2 aliphatic rings. The molecule has 1 saturated heterocycles. The van der Waals surface area contributed by atoms with Crippen LogP contribution in [0.5, 0.6) is 5.75 Å². The van der Waals surface area contributed by atoms with E-state index in [1.165, 1.54) is 0 Å². The van der Waals surface area contributed by atoms with Crippen molar-refractivity contribution in [3.05, 3.63) is 64.8 Å². The van der Waals surface area contributed by atoms with Crippen LogP contribution in [0.3, 0.4) is 0 Å². The van der Waals surface area contributed by atoms with Gasteiger partial charge in [0.25, 0.3) is 11.8 Å². The third kappa shape index (κ3) is 3.04. The molecule has 5 rings (SSSR count). The van der Waals surface area contributed by atoms with Gasteiger partial charge in [0.2, 0.25) is 0 Å². The topological polar surface area (TPSA) is 63.6 Å². The first-order chi connectivity index (χ1) is 13.9. The first kappa shape index (κ1) is 18.1. The fraction of sp³-hybridized carbons (Fsp3) is 0.273. The number of hydrogen-bond donors (Lipinski definition) is 1. The van der Waals surface area contributed by atoms with Gasteiger partial charge in [0.15, 0.2) is 5.72 Å². The van der Waals surface area contributed by atoms with E-state index in [1.54, 1.807) is 18.2 Å². The minimum atomic E-state index is -0.781. The fourth-order valence-electron chi connectivity index (χ4n) is 4.16. The number of fused-ring (bicyclic) bond motifs is 2. The van der Waals surface area contributed by atoms with Gasteiger partial charge in [-0.3, -0.25) is 9.59 Å². The van der Waals surface area contributed by atoms with Crippen LogP contribution in [0.25, 0.3) is 10.9 Å². The van der Waals surface area contributed by atoms with E-state index in [9.17, 15) is 9.59 Å². The van der Waals surface area contributed by atoms with Crippen LogP contribution in [0, 0.1) is 0 Å². The van der Waals surface area contributed by atoms with Crippen molar-refractivity contribution in [1.29, 1.82) is 0 Å². The molecular formula is C22H20ClN3O3. The number of carbonyl (C=O) groups is 2. The zero-order valence-corrected chi connectivity index (χ0v) is 16.7. The van der Waals surface area contributed by atoms with Crippen molar-refractivity contribution in [2.45, 2.75) is 18.6 Å². The maximum Gasteiger partial charge on any atom is 0.258 e. The van der Waals surface area contributed by atoms with Gasteiger partial charge in [-0.05, 0) is 41.8 Å². The number of benzene rings is 2. The maximum absolute atomic E-state index is 13.0. The average Bonchev–Trinajstić information content (AvgIpc) is 3.09. The highest BCUT2D eigenvalue weighted by atomic mass is 35.5. The number of halogens is 1. The van der Waals surface area contributed by atoms with Gasteiger partial charge in [-0.15, -0.1) is 0 Å². The molecule has 0 atom stereocenters. The van der Waals surface area contributed by atoms with Crippen molar-refractivity contribution in [2.75, 3.05) is 13.1 Å². The molecule has 3 aromatic rings. The van der Waals surface area contributed by atoms with E-state index in [0.29, 0.717) is 47.8 Å². The summed E-state index contributed by atoms with van der Waals surface area (Å²) in [7, 11) is 1.97. The highest BCUT2D eigenvalue weighted by molar-refractivity contribution is 6.31. The number of ether oxygens (including phenoxy) is 1. The fourth-order valence-corrected chi connectivity index (χ4v) is 4.33. The van der Waals surface area contributed by atoms with Gasteiger partial charge in [0.1, 0.15) is 5.75 Å². The molecule has 148 valence electrons. The average molecular weight is 410 g/mol. The van der Waals surface area contributed by atoms with E-state index in [0.717, 1.165) is 10.9 Å². The molecule has 0 radical (unpaired) electrons. The molecule has 1 aromatic heterocycles. The first-order valence-electron chi connectivity index (χ1n) is 9.60. The molecule has 2 amide bonds. The Morgan fingerprint density at radius 3 is 2.72 bits per heavy atom. The van der Waals surface area contributed by atoms with Crippen LogP contribution >= 0.6 is 11.6 Å². The number of aromatic nitrogens is 1. The number of rotatable bonds is 1. The first-order valence-corrected chi connectivity index (χ1v) is 9.97. The van der Waals surface area contributed by atoms with Crippen molar-refractivity contribution < 1.29 is 14.3 Å². The number of hydrogen-bond acceptors (Lipinski definition) is 3. The zero-order chi connectivity index (χ0) is 20.2. The third-order valence-corrected chi connectivity index (χ3v) is 6.06. The number of nitrogens with one attached hydrogen (secondary N) is 1. The molecule has 0 aliphatic carbocycles. The highest BCUT2D eigenvalue weighted by Gasteiger charge is 2.43. The molecule has 0 unspecified atom stereocenters. The molecule has 1 spiro atoms. The van der Waals surface area contributed by atoms with E-state index in [2.05, 4.69) is 5.32 Å². The lowest BCUT2D eigenvalue weighted by Gasteiger charge is -2.44. The van der Waals surface area contributed by atoms with Crippen molar-refractivity contribution in [3.8, 4) is 5.75 Å². The second kappa shape index (κ2) is 6.52. The van der Waals surface area contributed by atoms with Gasteiger partial charge in [0, 0.05) is 55.3 Å². The van der Waals surface area contributed by atoms with Crippen LogP contribution in [0.1, 0.15) is 33.6 Å². The van der Waals surface area contributed by atoms with Gasteiger partial charge < -0.3 is 19.5 Å². The second-order valence-corrected chi connectivity index (χ2v) is 8.12. The van der Waals surface area contributed by atoms with Gasteiger partial charge in [-0.2, -0.15) is 0 Å². The maximum atomic E-state index is 13.0. The Kier molecular flexibility index (Phi) is 4.06. The number of amides is 2. The predicted molar refractivity (Wildman–Crippen MR) is 110 cm³/mol. The molecule has 1 N–H and O–H groups in total. The number of piperidine rings is 1. The lowest BCUT2D eigenvalue weighted by Crippen LogP contribution is -2.61. The van der Waals surface area contributed by atoms with Crippen LogP contribution in [-0.2, 0) is 7.05 Å². The zero-order valence-electron chi connectivity index (χ0n) is 15.9. The number of nitrogens with zero attached hydrogens (tertiary/aromatic N) is 2. The van der Waals surface area contributed by atoms with Gasteiger partial charge in [-0.1, -0.05) is 17.7 Å². The van der Waals surface area contributed by atoms with Crippen molar-refractivity contribution >= 4 is 34.3 Å². The Balaban J connectivity index is 1.33. The summed E-state index contributed by atoms with van der Waals surface area (Å²) in [6, 6.07) is 12.9. The molecule has 0 saturated carbocycles. The Hall–Kier alpha value is -2.99. The van der Waals surface area contributed by atoms with Gasteiger partial charge in [-0.25, -0.2) is 0 Å². The molecule has 6 nitrogen and oxygen atoms in total. The standard InChI is InChI=1S/C22H20ClN3O3/c1-25-9-6-14-2-3-15(12-18(14)25)21(28)26-10-7-22(8-11-26)24-20(27)17-13-16(23)4-5-19(17)29-22/h2-6,9,12-13H,7-8,10-11H2,1H3,(H,24,27). The van der Waals surface area contributed by atoms with Crippen LogP contribution in [0.15, 0.2) is 48.7 Å². The smallest absolute Gasteiger partial charge is 0.258 e. The van der Waals surface area contributed by atoms with Gasteiger partial charge >= 0.3 is 0 Å². The minimum Gasteiger partial charge on any atom is -0.467 e. The molecule has 7 heteroatoms. The molecule has 0 bridgehead atoms. The second-order valence-electron chi connectivity index (χ2n) is 7.68. The Morgan fingerprint density at radius 2 is 1.93 bits per heavy atom. The minimum absolute atomic E-state index is 0.00253. The largest absolute Gasteiger partial charge is 0.467 e. The Morgan fingerprint density at radius 1 is 1.14 bits per heavy atom. The summed E-state index contributed by atoms with van der Waals surface area (Å²) >= 11 is 5.99. The summed E-state index contributed by atoms with van der Waals surface area (Å²) in [4.78, 5) is 27.4. The number of aryl methyl sites for hydroxylation is 1. The Labute approximate surface area is 173 Å². The van der Waals surface area contributed by atoms with E-state index in [-0.39, 0.29) is 11.8 Å². The monoisotopic (exact) mass is 409 g/mol. The molecule has 29 heavy (non-hydrogen) atoms. The van der Waals surface area contributed by atoms with Crippen LogP contribution in [-0.4, -0.2) is 40.1 Å². The molecule has 2 aromatic carbocycles. The third-order valence-electron chi connectivity index (χ3n) is 5.83. The summed E-state index contributed by atoms with van der Waals surface area (Å²) in [5.41, 5.74) is 1.36. The van der Waals surface area contributed by atoms with E-state index < -0.39 is 5.72 Å². The van der Waals surface area contributed by atoms with Crippen molar-refractivity contribution in [1.82, 2.24) is 14.8 Å². The molecule has 3 heterocycles. The number of carbonyl (C=O) groups excluding carboxylic acids is 2. The van der Waals surface area contributed by atoms with Crippen molar-refractivity contribution in [3.63, 3.8) is 0 Å². The lowest BCUT2D eigenvalue weighted by molar-refractivity contribution is -0.0245. The normalized spacial score (nSPS) is 17.7.